The zero-order valence-corrected chi connectivity index (χ0v) is 30.3. The van der Waals surface area contributed by atoms with Crippen molar-refractivity contribution in [3.63, 3.8) is 0 Å². The van der Waals surface area contributed by atoms with Crippen LogP contribution in [-0.4, -0.2) is 120 Å². The number of ketones is 1. The first-order valence-electron chi connectivity index (χ1n) is 20.0. The van der Waals surface area contributed by atoms with Crippen LogP contribution in [0.25, 0.3) is 0 Å². The minimum absolute atomic E-state index is 0.00894. The number of aliphatic hydroxyl groups is 2. The fraction of sp³-hybridized carbons (Fsp3) is 0.875. The Kier molecular flexibility index (Phi) is 9.59. The maximum atomic E-state index is 14.0. The molecule has 10 saturated heterocycles. The van der Waals surface area contributed by atoms with Gasteiger partial charge in [0, 0.05) is 38.5 Å². The fourth-order valence-electron chi connectivity index (χ4n) is 11.3. The molecule has 0 aromatic carbocycles. The third-order valence-corrected chi connectivity index (χ3v) is 14.1. The van der Waals surface area contributed by atoms with E-state index in [9.17, 15) is 15.0 Å². The minimum atomic E-state index is -0.872. The van der Waals surface area contributed by atoms with E-state index in [2.05, 4.69) is 27.0 Å². The van der Waals surface area contributed by atoms with Crippen molar-refractivity contribution in [2.24, 2.45) is 17.8 Å². The molecule has 10 fully saturated rings. The highest BCUT2D eigenvalue weighted by molar-refractivity contribution is 5.79. The molecule has 11 heteroatoms. The van der Waals surface area contributed by atoms with Crippen molar-refractivity contribution in [2.75, 3.05) is 6.61 Å². The number of aliphatic hydroxyl groups excluding tert-OH is 2. The summed E-state index contributed by atoms with van der Waals surface area (Å²) >= 11 is 0. The van der Waals surface area contributed by atoms with Gasteiger partial charge >= 0.3 is 0 Å². The summed E-state index contributed by atoms with van der Waals surface area (Å²) in [6.07, 6.45) is 5.65. The zero-order chi connectivity index (χ0) is 35.2. The first kappa shape index (κ1) is 35.5. The first-order valence-corrected chi connectivity index (χ1v) is 20.0. The Hall–Kier alpha value is -1.25. The van der Waals surface area contributed by atoms with Crippen LogP contribution < -0.4 is 0 Å². The molecule has 11 nitrogen and oxygen atoms in total. The normalized spacial score (nSPS) is 53.2. The van der Waals surface area contributed by atoms with Gasteiger partial charge in [-0.2, -0.15) is 0 Å². The molecule has 10 rings (SSSR count). The summed E-state index contributed by atoms with van der Waals surface area (Å²) in [5, 5.41) is 20.0. The zero-order valence-electron chi connectivity index (χ0n) is 30.3. The lowest BCUT2D eigenvalue weighted by atomic mass is 9.79. The van der Waals surface area contributed by atoms with Crippen molar-refractivity contribution in [3.8, 4) is 0 Å². The molecule has 0 aromatic rings. The largest absolute Gasteiger partial charge is 0.394 e. The van der Waals surface area contributed by atoms with Gasteiger partial charge in [0.1, 0.15) is 36.3 Å². The first-order chi connectivity index (χ1) is 24.6. The second kappa shape index (κ2) is 13.8. The maximum Gasteiger partial charge on any atom is 0.172 e. The second-order valence-electron chi connectivity index (χ2n) is 17.5. The van der Waals surface area contributed by atoms with Gasteiger partial charge in [-0.3, -0.25) is 4.79 Å². The molecule has 10 aliphatic heterocycles. The van der Waals surface area contributed by atoms with Crippen molar-refractivity contribution in [1.29, 1.82) is 0 Å². The molecule has 12 bridgehead atoms. The predicted molar refractivity (Wildman–Crippen MR) is 183 cm³/mol. The molecule has 0 amide bonds. The van der Waals surface area contributed by atoms with Gasteiger partial charge in [0.25, 0.3) is 0 Å². The monoisotopic (exact) mass is 714 g/mol. The third-order valence-electron chi connectivity index (χ3n) is 14.1. The highest BCUT2D eigenvalue weighted by Gasteiger charge is 2.68. The Bertz CT molecular complexity index is 1360. The molecule has 0 aromatic heterocycles. The van der Waals surface area contributed by atoms with Crippen LogP contribution in [0.3, 0.4) is 0 Å². The average Bonchev–Trinajstić information content (AvgIpc) is 3.77. The fourth-order valence-corrected chi connectivity index (χ4v) is 11.3. The Labute approximate surface area is 301 Å². The molecule has 0 saturated carbocycles. The molecule has 1 spiro atoms. The van der Waals surface area contributed by atoms with Crippen molar-refractivity contribution < 1.29 is 52.9 Å². The topological polar surface area (TPSA) is 131 Å². The summed E-state index contributed by atoms with van der Waals surface area (Å²) in [6.45, 7) is 12.9. The minimum Gasteiger partial charge on any atom is -0.394 e. The van der Waals surface area contributed by atoms with Gasteiger partial charge < -0.3 is 48.1 Å². The van der Waals surface area contributed by atoms with Crippen LogP contribution in [0.1, 0.15) is 97.3 Å². The average molecular weight is 715 g/mol. The SMILES string of the molecule is C=C1CC2CC[C@@]34C[C@H]5O[C@H]6[C@@H](O3)[C@H]3OC(CC[C@@H]3O[C@H]6C5O4)CC(=O)C[C@H]3C(C[C@H]4OC(CC[C@@H]1O2)C[C@@H](C)C4=C)O[C@H](C[C@H](O)CO)[C@@H]3C. The van der Waals surface area contributed by atoms with Crippen molar-refractivity contribution in [3.05, 3.63) is 24.3 Å². The summed E-state index contributed by atoms with van der Waals surface area (Å²) in [5.74, 6) is -0.367. The second-order valence-corrected chi connectivity index (χ2v) is 17.5. The molecular weight excluding hydrogens is 656 g/mol. The molecule has 0 radical (unpaired) electrons. The third kappa shape index (κ3) is 6.53. The van der Waals surface area contributed by atoms with E-state index < -0.39 is 11.9 Å². The quantitative estimate of drug-likeness (QED) is 0.410. The smallest absolute Gasteiger partial charge is 0.172 e. The molecule has 51 heavy (non-hydrogen) atoms. The number of Topliss-reactive ketones (excluding diaryl/α,β-unsaturated/α-hetero) is 1. The van der Waals surface area contributed by atoms with Crippen LogP contribution in [0.5, 0.6) is 0 Å². The van der Waals surface area contributed by atoms with Gasteiger partial charge in [-0.25, -0.2) is 0 Å². The molecule has 284 valence electrons. The van der Waals surface area contributed by atoms with E-state index in [1.165, 1.54) is 0 Å². The van der Waals surface area contributed by atoms with Crippen molar-refractivity contribution in [2.45, 2.75) is 195 Å². The summed E-state index contributed by atoms with van der Waals surface area (Å²) in [4.78, 5) is 14.0. The number of fused-ring (bicyclic) bond motifs is 6. The molecule has 5 unspecified atom stereocenters. The molecule has 10 heterocycles. The summed E-state index contributed by atoms with van der Waals surface area (Å²) in [7, 11) is 0. The summed E-state index contributed by atoms with van der Waals surface area (Å²) in [6, 6.07) is 0. The summed E-state index contributed by atoms with van der Waals surface area (Å²) < 4.78 is 53.9. The molecular formula is C40H58O11. The van der Waals surface area contributed by atoms with E-state index >= 15 is 0 Å². The van der Waals surface area contributed by atoms with Crippen LogP contribution in [0.2, 0.25) is 0 Å². The van der Waals surface area contributed by atoms with Gasteiger partial charge in [-0.1, -0.05) is 27.0 Å². The molecule has 2 N–H and O–H groups in total. The van der Waals surface area contributed by atoms with Gasteiger partial charge in [0.15, 0.2) is 5.79 Å². The molecule has 19 atom stereocenters. The highest BCUT2D eigenvalue weighted by atomic mass is 16.8. The Balaban J connectivity index is 0.986. The van der Waals surface area contributed by atoms with Gasteiger partial charge in [-0.05, 0) is 73.8 Å². The van der Waals surface area contributed by atoms with Crippen LogP contribution in [0, 0.1) is 17.8 Å². The Morgan fingerprint density at radius 2 is 1.49 bits per heavy atom. The van der Waals surface area contributed by atoms with E-state index in [0.717, 1.165) is 56.1 Å². The van der Waals surface area contributed by atoms with Crippen LogP contribution in [0.15, 0.2) is 24.3 Å². The number of ether oxygens (including phenoxy) is 8. The van der Waals surface area contributed by atoms with Gasteiger partial charge in [-0.15, -0.1) is 0 Å². The van der Waals surface area contributed by atoms with Crippen molar-refractivity contribution in [1.82, 2.24) is 0 Å². The Morgan fingerprint density at radius 3 is 2.33 bits per heavy atom. The van der Waals surface area contributed by atoms with Crippen LogP contribution in [0.4, 0.5) is 0 Å². The highest BCUT2D eigenvalue weighted by Crippen LogP contribution is 2.54. The number of rotatable bonds is 3. The number of carbonyl (C=O) groups is 1. The lowest BCUT2D eigenvalue weighted by Gasteiger charge is -2.47. The van der Waals surface area contributed by atoms with E-state index in [1.54, 1.807) is 0 Å². The number of hydrogen-bond donors (Lipinski definition) is 2. The van der Waals surface area contributed by atoms with E-state index in [4.69, 9.17) is 37.9 Å². The van der Waals surface area contributed by atoms with Gasteiger partial charge in [0.05, 0.1) is 67.6 Å². The van der Waals surface area contributed by atoms with E-state index in [0.29, 0.717) is 44.4 Å². The van der Waals surface area contributed by atoms with Crippen LogP contribution >= 0.6 is 0 Å². The lowest BCUT2D eigenvalue weighted by molar-refractivity contribution is -0.292. The number of carbonyl (C=O) groups excluding carboxylic acids is 1. The van der Waals surface area contributed by atoms with Gasteiger partial charge in [0.2, 0.25) is 0 Å². The summed E-state index contributed by atoms with van der Waals surface area (Å²) in [5.41, 5.74) is 2.22. The maximum absolute atomic E-state index is 14.0. The number of hydrogen-bond acceptors (Lipinski definition) is 11. The molecule has 10 aliphatic rings. The van der Waals surface area contributed by atoms with E-state index in [1.807, 2.05) is 0 Å². The lowest BCUT2D eigenvalue weighted by Crippen LogP contribution is -2.61. The standard InChI is InChI=1S/C40H58O11/c1-19-11-25-5-7-29-20(2)12-27(44-29)9-10-40-17-34-36(50-40)37-38(49-34)39(51-40)35-30(48-37)8-6-26(46-35)13-23(42)14-28-22(4)31(15-24(43)18-41)47-33(28)16-32(45-25)21(19)3/h19,22,24-39,41,43H,2-3,5-18H2,1,4H3/t19-,22-,24+,25?,26?,27?,28-,29+,30+,31-,32-,33?,34-,35+,36?,37+,38-,39+,40+/m1/s1. The van der Waals surface area contributed by atoms with Crippen molar-refractivity contribution >= 4 is 5.78 Å². The van der Waals surface area contributed by atoms with E-state index in [-0.39, 0.29) is 110 Å². The predicted octanol–water partition coefficient (Wildman–Crippen LogP) is 4.09. The Morgan fingerprint density at radius 1 is 0.745 bits per heavy atom. The van der Waals surface area contributed by atoms with Crippen LogP contribution in [-0.2, 0) is 42.7 Å². The molecule has 0 aliphatic carbocycles.